The first kappa shape index (κ1) is 58.3. The van der Waals surface area contributed by atoms with E-state index in [-0.39, 0.29) is 0 Å². The molecular weight excluding hydrogens is 1220 g/mol. The standard InChI is InChI=1S/2C45H37.C2H7Si.Zr/c2*1-2-4-14-30(13-3-1)25-31-26-42-40(44-36-19-9-5-15-32(36)28-33-16-6-10-20-37(33)44)23-24-41(43(42)27-31)45-38-21-11-7-17-34(38)29-35-18-8-12-22-39(35)45;1-3-2;/h2*5-12,15-24,26-30H,1-4,13-14,25H2;3H,1-2H3;. The Morgan fingerprint density at radius 3 is 0.777 bits per heavy atom. The molecule has 4 aliphatic rings. The number of benzene rings is 14. The molecule has 14 aromatic rings. The van der Waals surface area contributed by atoms with Gasteiger partial charge in [0.1, 0.15) is 0 Å². The molecule has 4 aliphatic carbocycles. The van der Waals surface area contributed by atoms with Crippen molar-refractivity contribution in [2.24, 2.45) is 11.8 Å². The average molecular weight is 1310 g/mol. The van der Waals surface area contributed by atoms with Crippen LogP contribution in [0.4, 0.5) is 0 Å². The van der Waals surface area contributed by atoms with E-state index in [9.17, 15) is 0 Å². The van der Waals surface area contributed by atoms with Crippen LogP contribution in [0.1, 0.15) is 119 Å². The monoisotopic (exact) mass is 1300 g/mol. The van der Waals surface area contributed by atoms with Crippen LogP contribution in [0.3, 0.4) is 0 Å². The van der Waals surface area contributed by atoms with Gasteiger partial charge in [-0.2, -0.15) is 0 Å². The molecule has 94 heavy (non-hydrogen) atoms. The van der Waals surface area contributed by atoms with Gasteiger partial charge in [0.2, 0.25) is 0 Å². The molecule has 2 atom stereocenters. The number of allylic oxidation sites excluding steroid dienone is 2. The van der Waals surface area contributed by atoms with Gasteiger partial charge < -0.3 is 0 Å². The van der Waals surface area contributed by atoms with Crippen LogP contribution in [0.5, 0.6) is 0 Å². The van der Waals surface area contributed by atoms with E-state index < -0.39 is 26.8 Å². The van der Waals surface area contributed by atoms with Crippen molar-refractivity contribution in [3.05, 3.63) is 276 Å². The molecule has 0 aromatic heterocycles. The quantitative estimate of drug-likeness (QED) is 0.0688. The van der Waals surface area contributed by atoms with Gasteiger partial charge in [-0.3, -0.25) is 0 Å². The first-order valence-corrected chi connectivity index (χ1v) is 45.7. The van der Waals surface area contributed by atoms with Crippen molar-refractivity contribution in [1.29, 1.82) is 0 Å². The summed E-state index contributed by atoms with van der Waals surface area (Å²) >= 11 is -3.17. The van der Waals surface area contributed by atoms with Crippen LogP contribution in [0.25, 0.3) is 143 Å². The van der Waals surface area contributed by atoms with E-state index in [4.69, 9.17) is 0 Å². The van der Waals surface area contributed by atoms with Gasteiger partial charge in [0, 0.05) is 0 Å². The van der Waals surface area contributed by atoms with Crippen LogP contribution in [-0.4, -0.2) is 5.92 Å². The molecule has 0 aliphatic heterocycles. The molecule has 2 saturated carbocycles. The summed E-state index contributed by atoms with van der Waals surface area (Å²) in [6, 6.07) is 95.3. The van der Waals surface area contributed by atoms with Crippen molar-refractivity contribution in [3.63, 3.8) is 0 Å². The van der Waals surface area contributed by atoms with E-state index in [1.165, 1.54) is 232 Å². The Kier molecular flexibility index (Phi) is 15.2. The molecular formula is C92H81SiZr. The van der Waals surface area contributed by atoms with Crippen molar-refractivity contribution < 1.29 is 20.9 Å². The van der Waals surface area contributed by atoms with Gasteiger partial charge in [-0.25, -0.2) is 0 Å². The van der Waals surface area contributed by atoms with Crippen LogP contribution in [0.2, 0.25) is 13.1 Å². The molecule has 2 unspecified atom stereocenters. The molecule has 0 amide bonds. The van der Waals surface area contributed by atoms with E-state index in [1.807, 2.05) is 0 Å². The summed E-state index contributed by atoms with van der Waals surface area (Å²) < 4.78 is 0.739. The topological polar surface area (TPSA) is 0 Å². The van der Waals surface area contributed by atoms with Gasteiger partial charge in [0.15, 0.2) is 0 Å². The molecule has 0 radical (unpaired) electrons. The number of fused-ring (bicyclic) bond motifs is 10. The zero-order valence-corrected chi connectivity index (χ0v) is 58.1. The molecule has 0 bridgehead atoms. The van der Waals surface area contributed by atoms with Crippen molar-refractivity contribution in [2.45, 2.75) is 110 Å². The summed E-state index contributed by atoms with van der Waals surface area (Å²) in [5.41, 5.74) is 21.4. The molecule has 14 aromatic carbocycles. The zero-order chi connectivity index (χ0) is 62.4. The Balaban J connectivity index is 0.988. The summed E-state index contributed by atoms with van der Waals surface area (Å²) in [5.74, 6) is -0.220. The predicted molar refractivity (Wildman–Crippen MR) is 407 cm³/mol. The third kappa shape index (κ3) is 9.97. The summed E-state index contributed by atoms with van der Waals surface area (Å²) in [5, 5.41) is 21.4. The molecule has 0 heterocycles. The summed E-state index contributed by atoms with van der Waals surface area (Å²) in [6.45, 7) is 5.75. The van der Waals surface area contributed by atoms with E-state index >= 15 is 0 Å². The Morgan fingerprint density at radius 1 is 0.287 bits per heavy atom. The van der Waals surface area contributed by atoms with Crippen molar-refractivity contribution in [1.82, 2.24) is 0 Å². The van der Waals surface area contributed by atoms with E-state index in [0.29, 0.717) is 19.1 Å². The predicted octanol–water partition coefficient (Wildman–Crippen LogP) is 26.5. The number of hydrogen-bond acceptors (Lipinski definition) is 0. The fourth-order valence-corrected chi connectivity index (χ4v) is 41.7. The van der Waals surface area contributed by atoms with Crippen LogP contribution < -0.4 is 0 Å². The summed E-state index contributed by atoms with van der Waals surface area (Å²) in [4.78, 5) is 0. The molecule has 0 nitrogen and oxygen atoms in total. The summed E-state index contributed by atoms with van der Waals surface area (Å²) in [7, 11) is 0. The second kappa shape index (κ2) is 24.5. The van der Waals surface area contributed by atoms with Crippen LogP contribution in [0, 0.1) is 11.8 Å². The Hall–Kier alpha value is -8.26. The normalized spacial score (nSPS) is 17.2. The Bertz CT molecular complexity index is 4860. The third-order valence-electron chi connectivity index (χ3n) is 23.0. The van der Waals surface area contributed by atoms with Crippen LogP contribution in [0.15, 0.2) is 254 Å². The van der Waals surface area contributed by atoms with Gasteiger partial charge in [-0.05, 0) is 0 Å². The van der Waals surface area contributed by atoms with Gasteiger partial charge in [0.05, 0.1) is 0 Å². The molecule has 0 N–H and O–H groups in total. The first-order valence-electron chi connectivity index (χ1n) is 35.7. The zero-order valence-electron chi connectivity index (χ0n) is 54.5. The van der Waals surface area contributed by atoms with E-state index in [0.717, 1.165) is 0 Å². The second-order valence-electron chi connectivity index (χ2n) is 28.8. The third-order valence-corrected chi connectivity index (χ3v) is 44.7. The fraction of sp³-hybridized carbons (Fsp3) is 0.217. The Morgan fingerprint density at radius 2 is 0.521 bits per heavy atom. The van der Waals surface area contributed by atoms with Gasteiger partial charge in [-0.1, -0.05) is 0 Å². The molecule has 0 saturated heterocycles. The SMILES string of the molecule is C[SiH](C)[Zr]([CH]1C(CC2CCCCCC2)=Cc2c(-c3c4ccccc4cc4ccccc34)ccc(-c3c4ccccc4cc4ccccc34)c21)[CH]1C(CC2CCCCCC2)=Cc2c(-c3c4ccccc4cc4ccccc34)ccc(-c3c4ccccc4cc4ccccc34)c21. The Labute approximate surface area is 563 Å². The van der Waals surface area contributed by atoms with E-state index in [2.05, 4.69) is 268 Å². The maximum absolute atomic E-state index is 3.17. The number of hydrogen-bond donors (Lipinski definition) is 0. The average Bonchev–Trinajstić information content (AvgIpc) is 1.49. The van der Waals surface area contributed by atoms with Gasteiger partial charge >= 0.3 is 568 Å². The number of rotatable bonds is 11. The van der Waals surface area contributed by atoms with Gasteiger partial charge in [-0.15, -0.1) is 0 Å². The van der Waals surface area contributed by atoms with Crippen LogP contribution in [-0.2, 0) is 20.9 Å². The van der Waals surface area contributed by atoms with Gasteiger partial charge in [0.25, 0.3) is 0 Å². The van der Waals surface area contributed by atoms with Crippen LogP contribution >= 0.6 is 0 Å². The second-order valence-corrected chi connectivity index (χ2v) is 48.9. The minimum absolute atomic E-state index is 0.369. The molecule has 18 rings (SSSR count). The van der Waals surface area contributed by atoms with Crippen molar-refractivity contribution in [2.75, 3.05) is 0 Å². The van der Waals surface area contributed by atoms with Crippen molar-refractivity contribution in [3.8, 4) is 44.5 Å². The maximum atomic E-state index is 2.92. The van der Waals surface area contributed by atoms with Crippen molar-refractivity contribution >= 4 is 104 Å². The minimum atomic E-state index is -3.17. The molecule has 457 valence electrons. The molecule has 0 spiro atoms. The molecule has 2 heteroatoms. The fourth-order valence-electron chi connectivity index (χ4n) is 19.0. The van der Waals surface area contributed by atoms with E-state index in [1.54, 1.807) is 22.3 Å². The first-order chi connectivity index (χ1) is 46.5. The summed E-state index contributed by atoms with van der Waals surface area (Å²) in [6.07, 6.45) is 24.4. The molecule has 2 fully saturated rings.